The lowest BCUT2D eigenvalue weighted by Crippen LogP contribution is -2.47. The van der Waals surface area contributed by atoms with Crippen LogP contribution in [-0.2, 0) is 10.0 Å². The van der Waals surface area contributed by atoms with Crippen LogP contribution in [-0.4, -0.2) is 30.6 Å². The topological polar surface area (TPSA) is 110 Å². The fourth-order valence-corrected chi connectivity index (χ4v) is 3.71. The Morgan fingerprint density at radius 3 is 2.60 bits per heavy atom. The lowest BCUT2D eigenvalue weighted by molar-refractivity contribution is -0.387. The summed E-state index contributed by atoms with van der Waals surface area (Å²) in [6.07, 6.45) is 1.92. The van der Waals surface area contributed by atoms with Crippen LogP contribution in [0.25, 0.3) is 0 Å². The SMILES string of the molecule is Cc1cccc([N+](=O)[O-])c1S(=O)(=O)NCC1(O)CCC1. The zero-order chi connectivity index (χ0) is 15.0. The molecule has 1 aliphatic carbocycles. The van der Waals surface area contributed by atoms with Crippen molar-refractivity contribution in [3.63, 3.8) is 0 Å². The van der Waals surface area contributed by atoms with Gasteiger partial charge < -0.3 is 5.11 Å². The Labute approximate surface area is 116 Å². The number of aliphatic hydroxyl groups is 1. The summed E-state index contributed by atoms with van der Waals surface area (Å²) in [5, 5.41) is 20.9. The van der Waals surface area contributed by atoms with Crippen molar-refractivity contribution in [2.75, 3.05) is 6.54 Å². The first-order valence-corrected chi connectivity index (χ1v) is 7.70. The third-order valence-corrected chi connectivity index (χ3v) is 5.13. The zero-order valence-corrected chi connectivity index (χ0v) is 11.8. The smallest absolute Gasteiger partial charge is 0.289 e. The van der Waals surface area contributed by atoms with E-state index in [9.17, 15) is 23.6 Å². The summed E-state index contributed by atoms with van der Waals surface area (Å²) in [6.45, 7) is 1.38. The predicted octanol–water partition coefficient (Wildman–Crippen LogP) is 1.10. The first-order valence-electron chi connectivity index (χ1n) is 6.21. The van der Waals surface area contributed by atoms with Crippen LogP contribution in [0.4, 0.5) is 5.69 Å². The molecule has 1 saturated carbocycles. The Morgan fingerprint density at radius 2 is 2.10 bits per heavy atom. The van der Waals surface area contributed by atoms with Gasteiger partial charge in [-0.1, -0.05) is 12.1 Å². The molecule has 20 heavy (non-hydrogen) atoms. The molecule has 0 radical (unpaired) electrons. The average molecular weight is 300 g/mol. The predicted molar refractivity (Wildman–Crippen MR) is 71.8 cm³/mol. The molecule has 2 rings (SSSR count). The van der Waals surface area contributed by atoms with E-state index in [0.29, 0.717) is 18.4 Å². The molecular formula is C12H16N2O5S. The van der Waals surface area contributed by atoms with Gasteiger partial charge in [0.15, 0.2) is 4.90 Å². The molecule has 1 aliphatic rings. The molecule has 0 amide bonds. The van der Waals surface area contributed by atoms with Crippen LogP contribution in [0.1, 0.15) is 24.8 Å². The molecule has 0 aliphatic heterocycles. The summed E-state index contributed by atoms with van der Waals surface area (Å²) < 4.78 is 26.7. The van der Waals surface area contributed by atoms with Gasteiger partial charge in [-0.3, -0.25) is 10.1 Å². The van der Waals surface area contributed by atoms with E-state index < -0.39 is 26.2 Å². The summed E-state index contributed by atoms with van der Waals surface area (Å²) in [5.41, 5.74) is -1.18. The molecule has 1 aromatic carbocycles. The first-order chi connectivity index (χ1) is 9.25. The molecule has 0 heterocycles. The molecule has 7 nitrogen and oxygen atoms in total. The molecule has 0 aromatic heterocycles. The third-order valence-electron chi connectivity index (χ3n) is 3.53. The minimum Gasteiger partial charge on any atom is -0.389 e. The van der Waals surface area contributed by atoms with E-state index in [1.807, 2.05) is 0 Å². The van der Waals surface area contributed by atoms with E-state index in [4.69, 9.17) is 0 Å². The number of rotatable bonds is 5. The molecule has 2 N–H and O–H groups in total. The Bertz CT molecular complexity index is 637. The lowest BCUT2D eigenvalue weighted by atomic mass is 9.81. The maximum atomic E-state index is 12.2. The summed E-state index contributed by atoms with van der Waals surface area (Å²) >= 11 is 0. The van der Waals surface area contributed by atoms with Crippen LogP contribution in [0.5, 0.6) is 0 Å². The number of nitrogens with one attached hydrogen (secondary N) is 1. The van der Waals surface area contributed by atoms with Crippen molar-refractivity contribution in [3.8, 4) is 0 Å². The molecule has 0 unspecified atom stereocenters. The number of sulfonamides is 1. The highest BCUT2D eigenvalue weighted by atomic mass is 32.2. The summed E-state index contributed by atoms with van der Waals surface area (Å²) in [7, 11) is -4.03. The van der Waals surface area contributed by atoms with E-state index in [0.717, 1.165) is 12.5 Å². The minimum absolute atomic E-state index is 0.124. The molecular weight excluding hydrogens is 284 g/mol. The van der Waals surface area contributed by atoms with Crippen LogP contribution >= 0.6 is 0 Å². The summed E-state index contributed by atoms with van der Waals surface area (Å²) in [4.78, 5) is 9.89. The van der Waals surface area contributed by atoms with Gasteiger partial charge in [0.25, 0.3) is 5.69 Å². The van der Waals surface area contributed by atoms with Gasteiger partial charge in [0.1, 0.15) is 0 Å². The largest absolute Gasteiger partial charge is 0.389 e. The van der Waals surface area contributed by atoms with Crippen molar-refractivity contribution in [2.45, 2.75) is 36.7 Å². The number of benzene rings is 1. The van der Waals surface area contributed by atoms with Crippen molar-refractivity contribution in [1.82, 2.24) is 4.72 Å². The summed E-state index contributed by atoms with van der Waals surface area (Å²) in [5.74, 6) is 0. The molecule has 110 valence electrons. The second-order valence-corrected chi connectivity index (χ2v) is 6.79. The standard InChI is InChI=1S/C12H16N2O5S/c1-9-4-2-5-10(14(16)17)11(9)20(18,19)13-8-12(15)6-3-7-12/h2,4-5,13,15H,3,6-8H2,1H3. The molecule has 1 fully saturated rings. The van der Waals surface area contributed by atoms with E-state index in [-0.39, 0.29) is 11.4 Å². The normalized spacial score (nSPS) is 17.5. The molecule has 0 saturated heterocycles. The first kappa shape index (κ1) is 14.9. The van der Waals surface area contributed by atoms with Crippen LogP contribution < -0.4 is 4.72 Å². The van der Waals surface area contributed by atoms with Gasteiger partial charge in [-0.25, -0.2) is 13.1 Å². The fraction of sp³-hybridized carbons (Fsp3) is 0.500. The molecule has 8 heteroatoms. The molecule has 0 bridgehead atoms. The van der Waals surface area contributed by atoms with E-state index in [2.05, 4.69) is 4.72 Å². The van der Waals surface area contributed by atoms with Gasteiger partial charge in [0.2, 0.25) is 10.0 Å². The highest BCUT2D eigenvalue weighted by Crippen LogP contribution is 2.32. The number of nitro benzene ring substituents is 1. The third kappa shape index (κ3) is 2.82. The van der Waals surface area contributed by atoms with Crippen molar-refractivity contribution < 1.29 is 18.4 Å². The summed E-state index contributed by atoms with van der Waals surface area (Å²) in [6, 6.07) is 4.09. The van der Waals surface area contributed by atoms with Crippen molar-refractivity contribution in [1.29, 1.82) is 0 Å². The quantitative estimate of drug-likeness (QED) is 0.625. The number of aryl methyl sites for hydroxylation is 1. The maximum absolute atomic E-state index is 12.2. The molecule has 0 atom stereocenters. The minimum atomic E-state index is -4.03. The van der Waals surface area contributed by atoms with Gasteiger partial charge >= 0.3 is 0 Å². The monoisotopic (exact) mass is 300 g/mol. The second-order valence-electron chi connectivity index (χ2n) is 5.08. The van der Waals surface area contributed by atoms with Gasteiger partial charge in [0.05, 0.1) is 10.5 Å². The Hall–Kier alpha value is -1.51. The zero-order valence-electron chi connectivity index (χ0n) is 11.0. The Balaban J connectivity index is 2.31. The van der Waals surface area contributed by atoms with Crippen molar-refractivity contribution in [3.05, 3.63) is 33.9 Å². The lowest BCUT2D eigenvalue weighted by Gasteiger charge is -2.36. The number of nitro groups is 1. The van der Waals surface area contributed by atoms with Crippen molar-refractivity contribution >= 4 is 15.7 Å². The number of hydrogen-bond acceptors (Lipinski definition) is 5. The maximum Gasteiger partial charge on any atom is 0.289 e. The average Bonchev–Trinajstić information content (AvgIpc) is 2.33. The molecule has 0 spiro atoms. The van der Waals surface area contributed by atoms with Crippen LogP contribution in [0.2, 0.25) is 0 Å². The van der Waals surface area contributed by atoms with E-state index >= 15 is 0 Å². The van der Waals surface area contributed by atoms with E-state index in [1.165, 1.54) is 19.1 Å². The Morgan fingerprint density at radius 1 is 1.45 bits per heavy atom. The van der Waals surface area contributed by atoms with Gasteiger partial charge in [-0.05, 0) is 31.7 Å². The highest BCUT2D eigenvalue weighted by Gasteiger charge is 2.37. The molecule has 1 aromatic rings. The van der Waals surface area contributed by atoms with Crippen molar-refractivity contribution in [2.24, 2.45) is 0 Å². The fourth-order valence-electron chi connectivity index (χ4n) is 2.19. The Kier molecular flexibility index (Phi) is 3.81. The number of nitrogens with zero attached hydrogens (tertiary/aromatic N) is 1. The highest BCUT2D eigenvalue weighted by molar-refractivity contribution is 7.89. The van der Waals surface area contributed by atoms with Gasteiger partial charge in [-0.2, -0.15) is 0 Å². The second kappa shape index (κ2) is 5.12. The number of hydrogen-bond donors (Lipinski definition) is 2. The van der Waals surface area contributed by atoms with Gasteiger partial charge in [0, 0.05) is 12.6 Å². The van der Waals surface area contributed by atoms with E-state index in [1.54, 1.807) is 0 Å². The van der Waals surface area contributed by atoms with Crippen LogP contribution in [0.3, 0.4) is 0 Å². The van der Waals surface area contributed by atoms with Crippen LogP contribution in [0, 0.1) is 17.0 Å². The van der Waals surface area contributed by atoms with Crippen LogP contribution in [0.15, 0.2) is 23.1 Å². The van der Waals surface area contributed by atoms with Gasteiger partial charge in [-0.15, -0.1) is 0 Å².